The van der Waals surface area contributed by atoms with Crippen LogP contribution in [0.1, 0.15) is 36.4 Å². The van der Waals surface area contributed by atoms with Gasteiger partial charge < -0.3 is 10.4 Å². The smallest absolute Gasteiger partial charge is 0.321 e. The molecule has 3 N–H and O–H groups in total. The third-order valence-electron chi connectivity index (χ3n) is 3.68. The molecular weight excluding hydrogens is 324 g/mol. The van der Waals surface area contributed by atoms with E-state index in [2.05, 4.69) is 52.0 Å². The lowest BCUT2D eigenvalue weighted by Crippen LogP contribution is -2.37. The first kappa shape index (κ1) is 18.4. The van der Waals surface area contributed by atoms with E-state index in [1.807, 2.05) is 13.8 Å². The molecule has 1 aromatic carbocycles. The lowest BCUT2D eigenvalue weighted by molar-refractivity contribution is 0.204. The van der Waals surface area contributed by atoms with Crippen LogP contribution in [0.5, 0.6) is 0 Å². The van der Waals surface area contributed by atoms with Crippen LogP contribution >= 0.6 is 11.3 Å². The van der Waals surface area contributed by atoms with Gasteiger partial charge in [-0.15, -0.1) is 10.2 Å². The Balaban J connectivity index is 1.84. The Morgan fingerprint density at radius 3 is 2.62 bits per heavy atom. The number of carbonyl (C=O) groups is 1. The van der Waals surface area contributed by atoms with E-state index in [0.717, 1.165) is 5.01 Å². The molecule has 1 heterocycles. The molecular formula is C17H24N4O2S. The molecule has 2 aromatic rings. The van der Waals surface area contributed by atoms with Crippen molar-refractivity contribution < 1.29 is 9.90 Å². The molecule has 6 nitrogen and oxygen atoms in total. The second kappa shape index (κ2) is 8.21. The van der Waals surface area contributed by atoms with E-state index in [1.54, 1.807) is 0 Å². The normalized spacial score (nSPS) is 11.3. The molecule has 0 radical (unpaired) electrons. The van der Waals surface area contributed by atoms with Gasteiger partial charge in [-0.05, 0) is 24.3 Å². The Morgan fingerprint density at radius 1 is 1.25 bits per heavy atom. The third kappa shape index (κ3) is 5.90. The molecule has 0 bridgehead atoms. The van der Waals surface area contributed by atoms with E-state index < -0.39 is 0 Å². The van der Waals surface area contributed by atoms with Gasteiger partial charge >= 0.3 is 6.03 Å². The van der Waals surface area contributed by atoms with Crippen LogP contribution in [0.3, 0.4) is 0 Å². The number of rotatable bonds is 7. The molecule has 0 spiro atoms. The summed E-state index contributed by atoms with van der Waals surface area (Å²) in [7, 11) is 0. The number of aliphatic hydroxyl groups is 1. The van der Waals surface area contributed by atoms with E-state index >= 15 is 0 Å². The highest BCUT2D eigenvalue weighted by molar-refractivity contribution is 7.15. The van der Waals surface area contributed by atoms with Crippen molar-refractivity contribution in [1.82, 2.24) is 15.5 Å². The van der Waals surface area contributed by atoms with Crippen molar-refractivity contribution >= 4 is 22.5 Å². The monoisotopic (exact) mass is 348 g/mol. The van der Waals surface area contributed by atoms with E-state index in [9.17, 15) is 4.79 Å². The number of nitrogens with one attached hydrogen (secondary N) is 2. The predicted octanol–water partition coefficient (Wildman–Crippen LogP) is 2.97. The number of aliphatic hydroxyl groups excluding tert-OH is 1. The topological polar surface area (TPSA) is 87.1 Å². The second-order valence-corrected chi connectivity index (χ2v) is 7.67. The number of nitrogens with zero attached hydrogens (tertiary/aromatic N) is 2. The number of aromatic nitrogens is 2. The summed E-state index contributed by atoms with van der Waals surface area (Å²) in [4.78, 5) is 11.9. The Morgan fingerprint density at radius 2 is 1.96 bits per heavy atom. The minimum Gasteiger partial charge on any atom is -0.396 e. The first-order valence-corrected chi connectivity index (χ1v) is 8.73. The molecule has 1 aromatic heterocycles. The average molecular weight is 348 g/mol. The molecule has 0 atom stereocenters. The molecule has 7 heteroatoms. The molecule has 2 amide bonds. The van der Waals surface area contributed by atoms with Crippen LogP contribution in [0.2, 0.25) is 0 Å². The number of aryl methyl sites for hydroxylation is 1. The highest BCUT2D eigenvalue weighted by Crippen LogP contribution is 2.20. The van der Waals surface area contributed by atoms with Gasteiger partial charge in [-0.25, -0.2) is 4.79 Å². The number of urea groups is 1. The number of amides is 2. The second-order valence-electron chi connectivity index (χ2n) is 6.61. The van der Waals surface area contributed by atoms with Crippen molar-refractivity contribution in [3.63, 3.8) is 0 Å². The van der Waals surface area contributed by atoms with Crippen molar-refractivity contribution in [3.05, 3.63) is 40.4 Å². The molecule has 0 saturated heterocycles. The van der Waals surface area contributed by atoms with Crippen LogP contribution in [-0.4, -0.2) is 34.5 Å². The summed E-state index contributed by atoms with van der Waals surface area (Å²) in [6, 6.07) is 7.97. The van der Waals surface area contributed by atoms with Gasteiger partial charge in [0.15, 0.2) is 0 Å². The van der Waals surface area contributed by atoms with Crippen molar-refractivity contribution in [2.24, 2.45) is 5.41 Å². The molecule has 0 fully saturated rings. The van der Waals surface area contributed by atoms with Crippen molar-refractivity contribution in [1.29, 1.82) is 0 Å². The van der Waals surface area contributed by atoms with Crippen molar-refractivity contribution in [2.45, 2.75) is 33.6 Å². The predicted molar refractivity (Wildman–Crippen MR) is 96.4 cm³/mol. The van der Waals surface area contributed by atoms with Crippen LogP contribution in [0, 0.1) is 12.3 Å². The summed E-state index contributed by atoms with van der Waals surface area (Å²) in [6.45, 7) is 6.63. The number of benzene rings is 1. The molecule has 0 saturated carbocycles. The van der Waals surface area contributed by atoms with Gasteiger partial charge in [-0.2, -0.15) is 0 Å². The van der Waals surface area contributed by atoms with Crippen LogP contribution in [-0.2, 0) is 6.42 Å². The van der Waals surface area contributed by atoms with E-state index in [0.29, 0.717) is 24.5 Å². The fourth-order valence-electron chi connectivity index (χ4n) is 2.11. The number of hydrogen-bond donors (Lipinski definition) is 3. The van der Waals surface area contributed by atoms with Gasteiger partial charge in [0.1, 0.15) is 5.01 Å². The molecule has 130 valence electrons. The molecule has 2 rings (SSSR count). The molecule has 0 aliphatic carbocycles. The average Bonchev–Trinajstić information content (AvgIpc) is 2.95. The first-order chi connectivity index (χ1) is 11.4. The third-order valence-corrected chi connectivity index (χ3v) is 4.52. The summed E-state index contributed by atoms with van der Waals surface area (Å²) in [5.74, 6) is 0. The molecule has 0 aliphatic rings. The van der Waals surface area contributed by atoms with Gasteiger partial charge in [0.05, 0.1) is 0 Å². The van der Waals surface area contributed by atoms with Crippen molar-refractivity contribution in [2.75, 3.05) is 18.5 Å². The molecule has 0 aliphatic heterocycles. The minimum atomic E-state index is -0.306. The standard InChI is InChI=1S/C17H24N4O2S/c1-12-4-6-13(7-5-12)10-14-20-21-16(24-14)19-15(23)18-11-17(2,3)8-9-22/h4-7,22H,8-11H2,1-3H3,(H2,18,19,21,23). The fourth-order valence-corrected chi connectivity index (χ4v) is 2.88. The number of anilines is 1. The highest BCUT2D eigenvalue weighted by atomic mass is 32.1. The Labute approximate surface area is 146 Å². The molecule has 0 unspecified atom stereocenters. The zero-order valence-corrected chi connectivity index (χ0v) is 15.1. The van der Waals surface area contributed by atoms with Crippen LogP contribution in [0.4, 0.5) is 9.93 Å². The summed E-state index contributed by atoms with van der Waals surface area (Å²) < 4.78 is 0. The van der Waals surface area contributed by atoms with E-state index in [1.165, 1.54) is 22.5 Å². The SMILES string of the molecule is Cc1ccc(Cc2nnc(NC(=O)NCC(C)(C)CCO)s2)cc1. The quantitative estimate of drug-likeness (QED) is 0.718. The van der Waals surface area contributed by atoms with Crippen LogP contribution in [0.25, 0.3) is 0 Å². The highest BCUT2D eigenvalue weighted by Gasteiger charge is 2.18. The zero-order valence-electron chi connectivity index (χ0n) is 14.3. The summed E-state index contributed by atoms with van der Waals surface area (Å²) in [5, 5.41) is 24.0. The van der Waals surface area contributed by atoms with E-state index in [4.69, 9.17) is 5.11 Å². The maximum absolute atomic E-state index is 11.9. The largest absolute Gasteiger partial charge is 0.396 e. The maximum Gasteiger partial charge on any atom is 0.321 e. The van der Waals surface area contributed by atoms with Gasteiger partial charge in [0.2, 0.25) is 5.13 Å². The van der Waals surface area contributed by atoms with Crippen LogP contribution in [0.15, 0.2) is 24.3 Å². The Kier molecular flexibility index (Phi) is 6.28. The Hall–Kier alpha value is -1.99. The van der Waals surface area contributed by atoms with Gasteiger partial charge in [0.25, 0.3) is 0 Å². The molecule has 24 heavy (non-hydrogen) atoms. The van der Waals surface area contributed by atoms with Crippen LogP contribution < -0.4 is 10.6 Å². The van der Waals surface area contributed by atoms with Crippen molar-refractivity contribution in [3.8, 4) is 0 Å². The lowest BCUT2D eigenvalue weighted by Gasteiger charge is -2.23. The maximum atomic E-state index is 11.9. The Bertz CT molecular complexity index is 667. The number of carbonyl (C=O) groups excluding carboxylic acids is 1. The lowest BCUT2D eigenvalue weighted by atomic mass is 9.90. The summed E-state index contributed by atoms with van der Waals surface area (Å²) >= 11 is 1.37. The fraction of sp³-hybridized carbons (Fsp3) is 0.471. The summed E-state index contributed by atoms with van der Waals surface area (Å²) in [5.41, 5.74) is 2.24. The van der Waals surface area contributed by atoms with Gasteiger partial charge in [-0.1, -0.05) is 55.0 Å². The van der Waals surface area contributed by atoms with Gasteiger partial charge in [-0.3, -0.25) is 5.32 Å². The summed E-state index contributed by atoms with van der Waals surface area (Å²) in [6.07, 6.45) is 1.33. The van der Waals surface area contributed by atoms with Gasteiger partial charge in [0, 0.05) is 19.6 Å². The number of hydrogen-bond acceptors (Lipinski definition) is 5. The zero-order chi connectivity index (χ0) is 17.6. The first-order valence-electron chi connectivity index (χ1n) is 7.91. The minimum absolute atomic E-state index is 0.106. The van der Waals surface area contributed by atoms with E-state index in [-0.39, 0.29) is 18.1 Å².